The summed E-state index contributed by atoms with van der Waals surface area (Å²) in [6.07, 6.45) is 12.4. The Bertz CT molecular complexity index is 333. The van der Waals surface area contributed by atoms with Crippen molar-refractivity contribution in [3.8, 4) is 0 Å². The standard InChI is InChI=1S/C20H37IO2/c1-5-6-7-8-9-10-14-18(21)19(22)20(15-23-4)16(2)12-11-13-17(20)3/h16-18H,5-15H2,1-4H3. The van der Waals surface area contributed by atoms with E-state index in [9.17, 15) is 4.79 Å². The minimum atomic E-state index is -0.249. The molecule has 0 aromatic rings. The maximum Gasteiger partial charge on any atom is 0.154 e. The summed E-state index contributed by atoms with van der Waals surface area (Å²) in [4.78, 5) is 13.3. The highest BCUT2D eigenvalue weighted by atomic mass is 127. The topological polar surface area (TPSA) is 26.3 Å². The van der Waals surface area contributed by atoms with Crippen molar-refractivity contribution < 1.29 is 9.53 Å². The fraction of sp³-hybridized carbons (Fsp3) is 0.950. The van der Waals surface area contributed by atoms with Crippen LogP contribution in [0.4, 0.5) is 0 Å². The van der Waals surface area contributed by atoms with E-state index in [2.05, 4.69) is 43.4 Å². The lowest BCUT2D eigenvalue weighted by Crippen LogP contribution is -2.51. The molecule has 136 valence electrons. The molecule has 0 saturated heterocycles. The molecule has 3 heteroatoms. The number of hydrogen-bond acceptors (Lipinski definition) is 2. The zero-order valence-corrected chi connectivity index (χ0v) is 17.9. The Morgan fingerprint density at radius 2 is 1.70 bits per heavy atom. The number of carbonyl (C=O) groups excluding carboxylic acids is 1. The first-order valence-electron chi connectivity index (χ1n) is 9.68. The van der Waals surface area contributed by atoms with Gasteiger partial charge in [0.15, 0.2) is 5.78 Å². The summed E-state index contributed by atoms with van der Waals surface area (Å²) in [6, 6.07) is 0. The molecule has 0 aromatic carbocycles. The number of halogens is 1. The van der Waals surface area contributed by atoms with Crippen LogP contribution in [0.5, 0.6) is 0 Å². The van der Waals surface area contributed by atoms with Gasteiger partial charge in [-0.05, 0) is 31.1 Å². The van der Waals surface area contributed by atoms with E-state index in [4.69, 9.17) is 4.74 Å². The first-order valence-corrected chi connectivity index (χ1v) is 10.9. The lowest BCUT2D eigenvalue weighted by molar-refractivity contribution is -0.143. The Morgan fingerprint density at radius 3 is 2.26 bits per heavy atom. The molecule has 2 nitrogen and oxygen atoms in total. The highest BCUT2D eigenvalue weighted by molar-refractivity contribution is 14.1. The van der Waals surface area contributed by atoms with Crippen LogP contribution in [0.3, 0.4) is 0 Å². The Morgan fingerprint density at radius 1 is 1.13 bits per heavy atom. The summed E-state index contributed by atoms with van der Waals surface area (Å²) >= 11 is 2.40. The molecule has 1 rings (SSSR count). The van der Waals surface area contributed by atoms with Gasteiger partial charge in [-0.3, -0.25) is 4.79 Å². The maximum atomic E-state index is 13.3. The van der Waals surface area contributed by atoms with Crippen molar-refractivity contribution in [2.24, 2.45) is 17.3 Å². The van der Waals surface area contributed by atoms with Gasteiger partial charge in [-0.1, -0.05) is 88.3 Å². The molecule has 1 aliphatic carbocycles. The fourth-order valence-electron chi connectivity index (χ4n) is 4.34. The average molecular weight is 436 g/mol. The number of unbranched alkanes of at least 4 members (excludes halogenated alkanes) is 5. The monoisotopic (exact) mass is 436 g/mol. The van der Waals surface area contributed by atoms with Crippen LogP contribution in [-0.2, 0) is 9.53 Å². The molecule has 0 spiro atoms. The zero-order chi connectivity index (χ0) is 17.3. The summed E-state index contributed by atoms with van der Waals surface area (Å²) in [7, 11) is 1.75. The highest BCUT2D eigenvalue weighted by Gasteiger charge is 2.50. The maximum absolute atomic E-state index is 13.3. The normalized spacial score (nSPS) is 29.4. The SMILES string of the molecule is CCCCCCCCC(I)C(=O)C1(COC)C(C)CCCC1C. The van der Waals surface area contributed by atoms with E-state index in [1.54, 1.807) is 7.11 Å². The number of rotatable bonds is 11. The first-order chi connectivity index (χ1) is 11.0. The Kier molecular flexibility index (Phi) is 10.3. The second kappa shape index (κ2) is 11.1. The lowest BCUT2D eigenvalue weighted by atomic mass is 9.58. The van der Waals surface area contributed by atoms with Crippen LogP contribution in [0.25, 0.3) is 0 Å². The van der Waals surface area contributed by atoms with E-state index in [1.807, 2.05) is 0 Å². The van der Waals surface area contributed by atoms with Crippen LogP contribution in [0.15, 0.2) is 0 Å². The van der Waals surface area contributed by atoms with Crippen molar-refractivity contribution in [2.45, 2.75) is 88.9 Å². The highest BCUT2D eigenvalue weighted by Crippen LogP contribution is 2.48. The van der Waals surface area contributed by atoms with Crippen molar-refractivity contribution in [1.82, 2.24) is 0 Å². The van der Waals surface area contributed by atoms with Gasteiger partial charge in [0.05, 0.1) is 15.9 Å². The molecule has 0 aliphatic heterocycles. The van der Waals surface area contributed by atoms with Gasteiger partial charge < -0.3 is 4.74 Å². The van der Waals surface area contributed by atoms with Crippen molar-refractivity contribution >= 4 is 28.4 Å². The van der Waals surface area contributed by atoms with Crippen molar-refractivity contribution in [2.75, 3.05) is 13.7 Å². The van der Waals surface area contributed by atoms with Crippen LogP contribution in [-0.4, -0.2) is 23.4 Å². The molecule has 0 heterocycles. The van der Waals surface area contributed by atoms with Gasteiger partial charge in [0.25, 0.3) is 0 Å². The number of carbonyl (C=O) groups is 1. The molecule has 0 N–H and O–H groups in total. The third kappa shape index (κ3) is 5.69. The van der Waals surface area contributed by atoms with Gasteiger partial charge in [0, 0.05) is 7.11 Å². The summed E-state index contributed by atoms with van der Waals surface area (Å²) in [5.74, 6) is 1.36. The third-order valence-corrected chi connectivity index (χ3v) is 7.16. The van der Waals surface area contributed by atoms with Crippen LogP contribution in [0.2, 0.25) is 0 Å². The second-order valence-corrected chi connectivity index (χ2v) is 9.10. The summed E-state index contributed by atoms with van der Waals surface area (Å²) < 4.78 is 5.69. The molecule has 1 fully saturated rings. The largest absolute Gasteiger partial charge is 0.384 e. The van der Waals surface area contributed by atoms with Gasteiger partial charge >= 0.3 is 0 Å². The predicted molar refractivity (Wildman–Crippen MR) is 107 cm³/mol. The molecule has 3 unspecified atom stereocenters. The molecule has 1 saturated carbocycles. The molecule has 3 atom stereocenters. The van der Waals surface area contributed by atoms with Crippen LogP contribution < -0.4 is 0 Å². The number of ketones is 1. The van der Waals surface area contributed by atoms with Gasteiger partial charge in [0.2, 0.25) is 0 Å². The number of methoxy groups -OCH3 is 1. The molecule has 23 heavy (non-hydrogen) atoms. The van der Waals surface area contributed by atoms with E-state index in [0.717, 1.165) is 6.42 Å². The van der Waals surface area contributed by atoms with Crippen LogP contribution >= 0.6 is 22.6 Å². The van der Waals surface area contributed by atoms with E-state index < -0.39 is 0 Å². The molecule has 0 amide bonds. The summed E-state index contributed by atoms with van der Waals surface area (Å²) in [5.41, 5.74) is -0.249. The van der Waals surface area contributed by atoms with E-state index >= 15 is 0 Å². The summed E-state index contributed by atoms with van der Waals surface area (Å²) in [6.45, 7) is 7.38. The van der Waals surface area contributed by atoms with E-state index in [-0.39, 0.29) is 9.34 Å². The molecule has 0 aromatic heterocycles. The number of Topliss-reactive ketones (excluding diaryl/α,β-unsaturated/α-hetero) is 1. The Labute approximate surface area is 157 Å². The lowest BCUT2D eigenvalue weighted by Gasteiger charge is -2.46. The van der Waals surface area contributed by atoms with Gasteiger partial charge in [-0.15, -0.1) is 0 Å². The number of hydrogen-bond donors (Lipinski definition) is 0. The minimum absolute atomic E-state index is 0.150. The second-order valence-electron chi connectivity index (χ2n) is 7.59. The molecule has 0 radical (unpaired) electrons. The molecule has 1 aliphatic rings. The van der Waals surface area contributed by atoms with Crippen LogP contribution in [0.1, 0.15) is 85.0 Å². The van der Waals surface area contributed by atoms with Gasteiger partial charge in [-0.2, -0.15) is 0 Å². The third-order valence-electron chi connectivity index (χ3n) is 5.97. The average Bonchev–Trinajstić information content (AvgIpc) is 2.53. The van der Waals surface area contributed by atoms with Crippen molar-refractivity contribution in [3.63, 3.8) is 0 Å². The van der Waals surface area contributed by atoms with E-state index in [1.165, 1.54) is 57.8 Å². The molecular formula is C20H37IO2. The molecule has 0 bridgehead atoms. The van der Waals surface area contributed by atoms with Crippen molar-refractivity contribution in [3.05, 3.63) is 0 Å². The number of ether oxygens (including phenoxy) is 1. The van der Waals surface area contributed by atoms with Gasteiger partial charge in [0.1, 0.15) is 0 Å². The first kappa shape index (κ1) is 21.4. The van der Waals surface area contributed by atoms with Crippen molar-refractivity contribution in [1.29, 1.82) is 0 Å². The van der Waals surface area contributed by atoms with Gasteiger partial charge in [-0.25, -0.2) is 0 Å². The smallest absolute Gasteiger partial charge is 0.154 e. The number of alkyl halides is 1. The zero-order valence-electron chi connectivity index (χ0n) is 15.7. The summed E-state index contributed by atoms with van der Waals surface area (Å²) in [5, 5.41) is 0. The molecular weight excluding hydrogens is 399 g/mol. The van der Waals surface area contributed by atoms with Crippen LogP contribution in [0, 0.1) is 17.3 Å². The predicted octanol–water partition coefficient (Wildman–Crippen LogP) is 6.20. The Hall–Kier alpha value is 0.360. The quantitative estimate of drug-likeness (QED) is 0.219. The Balaban J connectivity index is 2.59. The fourth-order valence-corrected chi connectivity index (χ4v) is 5.36. The van der Waals surface area contributed by atoms with E-state index in [0.29, 0.717) is 24.2 Å². The minimum Gasteiger partial charge on any atom is -0.384 e.